The van der Waals surface area contributed by atoms with Gasteiger partial charge in [-0.2, -0.15) is 12.1 Å². The van der Waals surface area contributed by atoms with E-state index in [0.29, 0.717) is 11.5 Å². The summed E-state index contributed by atoms with van der Waals surface area (Å²) in [6.07, 6.45) is 2.03. The van der Waals surface area contributed by atoms with Crippen molar-refractivity contribution in [2.45, 2.75) is 85.5 Å². The molecule has 3 aromatic heterocycles. The van der Waals surface area contributed by atoms with E-state index in [-0.39, 0.29) is 37.3 Å². The molecule has 0 fully saturated rings. The second-order valence-corrected chi connectivity index (χ2v) is 23.8. The topological polar surface area (TPSA) is 33.5 Å². The van der Waals surface area contributed by atoms with E-state index in [2.05, 4.69) is 248 Å². The van der Waals surface area contributed by atoms with Crippen LogP contribution in [-0.4, -0.2) is 9.55 Å². The molecule has 7 heteroatoms. The van der Waals surface area contributed by atoms with E-state index in [1.807, 2.05) is 35.7 Å². The number of pyridine rings is 1. The molecule has 0 N–H and O–H groups in total. The number of benzene rings is 8. The van der Waals surface area contributed by atoms with Gasteiger partial charge in [0.1, 0.15) is 5.82 Å². The van der Waals surface area contributed by atoms with E-state index in [0.717, 1.165) is 67.1 Å². The van der Waals surface area contributed by atoms with E-state index in [1.165, 1.54) is 48.0 Å². The van der Waals surface area contributed by atoms with Gasteiger partial charge in [-0.1, -0.05) is 147 Å². The summed E-state index contributed by atoms with van der Waals surface area (Å²) in [6, 6.07) is 66.6. The fourth-order valence-corrected chi connectivity index (χ4v) is 11.5. The van der Waals surface area contributed by atoms with Crippen molar-refractivity contribution in [2.75, 3.05) is 9.80 Å². The van der Waals surface area contributed by atoms with Crippen LogP contribution in [0.1, 0.15) is 84.6 Å². The van der Waals surface area contributed by atoms with Crippen molar-refractivity contribution in [3.63, 3.8) is 0 Å². The number of ether oxygens (including phenoxy) is 1. The maximum Gasteiger partial charge on any atom is 0.135 e. The number of hydrogen-bond acceptors (Lipinski definition) is 5. The summed E-state index contributed by atoms with van der Waals surface area (Å²) in [5.41, 5.74) is 15.8. The first-order valence-corrected chi connectivity index (χ1v) is 26.2. The molecule has 0 amide bonds. The van der Waals surface area contributed by atoms with E-state index < -0.39 is 0 Å². The molecule has 0 aliphatic carbocycles. The van der Waals surface area contributed by atoms with Crippen LogP contribution >= 0.6 is 11.3 Å². The van der Waals surface area contributed by atoms with Gasteiger partial charge in [0.15, 0.2) is 0 Å². The molecule has 0 saturated heterocycles. The maximum absolute atomic E-state index is 6.75. The Labute approximate surface area is 454 Å². The second kappa shape index (κ2) is 18.4. The molecule has 0 saturated carbocycles. The van der Waals surface area contributed by atoms with Crippen LogP contribution in [0.25, 0.3) is 70.0 Å². The fourth-order valence-electron chi connectivity index (χ4n) is 10.3. The van der Waals surface area contributed by atoms with Crippen molar-refractivity contribution in [1.29, 1.82) is 0 Å². The quantitative estimate of drug-likeness (QED) is 0.149. The Morgan fingerprint density at radius 2 is 1.16 bits per heavy atom. The minimum atomic E-state index is -0.0268. The molecule has 0 radical (unpaired) electrons. The molecule has 4 heterocycles. The number of aromatic nitrogens is 2. The molecule has 1 aliphatic heterocycles. The minimum Gasteiger partial charge on any atom is -0.509 e. The predicted molar refractivity (Wildman–Crippen MR) is 309 cm³/mol. The molecule has 74 heavy (non-hydrogen) atoms. The monoisotopic (exact) mass is 1160 g/mol. The Bertz CT molecular complexity index is 3940. The Hall–Kier alpha value is -6.98. The van der Waals surface area contributed by atoms with Crippen molar-refractivity contribution < 1.29 is 25.8 Å². The van der Waals surface area contributed by atoms with Gasteiger partial charge >= 0.3 is 0 Å². The number of fused-ring (bicyclic) bond motifs is 7. The SMILES string of the molecule is Cc1cc(-n2c3[c-]c(Oc4[c-]c(N5[CH-]N(c6cc(C(C)(C)C)cc(C(C)(C)C)c6)c6ccccc65)ccc4)ccc3c3cc(C(C)(C)C)ccc32)ncc1-c1cccc(-c2ccc3c(c2)sc2ccccc23)c1.[Pt]. The molecule has 11 aromatic rings. The minimum absolute atomic E-state index is 0. The van der Waals surface area contributed by atoms with Crippen molar-refractivity contribution in [3.05, 3.63) is 211 Å². The molecule has 12 rings (SSSR count). The standard InChI is InChI=1S/C67H59N4OS.Pt/c1-42-31-64(68-40-57(42)45-18-15-17-43(32-45)44-25-28-55-54-21-11-14-24-62(54)73-63(55)33-44)71-58-30-26-46(65(2,3)4)37-56(58)53-29-27-52(39-61(53)71)72-51-20-16-19-49(38-51)69-41-70(60-23-13-12-22-59(60)69)50-35-47(66(5,6)7)34-48(36-50)67(8,9)10;/h11-37,40-41H,1-10H3;/q-3;. The number of para-hydroxylation sites is 2. The number of hydrogen-bond donors (Lipinski definition) is 0. The number of rotatable bonds is 7. The summed E-state index contributed by atoms with van der Waals surface area (Å²) in [5.74, 6) is 2.03. The number of aryl methyl sites for hydroxylation is 1. The van der Waals surface area contributed by atoms with Crippen LogP contribution in [0.5, 0.6) is 11.5 Å². The van der Waals surface area contributed by atoms with Gasteiger partial charge in [-0.25, -0.2) is 4.98 Å². The summed E-state index contributed by atoms with van der Waals surface area (Å²) in [6.45, 7) is 24.9. The molecule has 0 bridgehead atoms. The maximum atomic E-state index is 6.75. The number of nitrogens with zero attached hydrogens (tertiary/aromatic N) is 4. The zero-order chi connectivity index (χ0) is 50.6. The summed E-state index contributed by atoms with van der Waals surface area (Å²) >= 11 is 1.85. The van der Waals surface area contributed by atoms with E-state index in [1.54, 1.807) is 0 Å². The molecule has 8 aromatic carbocycles. The van der Waals surface area contributed by atoms with Gasteiger partial charge in [0, 0.05) is 87.1 Å². The third-order valence-corrected chi connectivity index (χ3v) is 15.7. The largest absolute Gasteiger partial charge is 0.509 e. The van der Waals surface area contributed by atoms with Crippen LogP contribution in [0.4, 0.5) is 22.7 Å². The van der Waals surface area contributed by atoms with E-state index >= 15 is 0 Å². The van der Waals surface area contributed by atoms with Crippen molar-refractivity contribution >= 4 is 76.1 Å². The van der Waals surface area contributed by atoms with Crippen LogP contribution in [0.15, 0.2) is 170 Å². The molecule has 0 spiro atoms. The first kappa shape index (κ1) is 49.2. The zero-order valence-corrected chi connectivity index (χ0v) is 46.8. The van der Waals surface area contributed by atoms with Crippen LogP contribution in [0.2, 0.25) is 0 Å². The molecule has 5 nitrogen and oxygen atoms in total. The van der Waals surface area contributed by atoms with Crippen molar-refractivity contribution in [3.8, 4) is 39.6 Å². The van der Waals surface area contributed by atoms with E-state index in [9.17, 15) is 0 Å². The van der Waals surface area contributed by atoms with Crippen LogP contribution < -0.4 is 14.5 Å². The Morgan fingerprint density at radius 3 is 1.91 bits per heavy atom. The summed E-state index contributed by atoms with van der Waals surface area (Å²) in [5, 5.41) is 4.87. The van der Waals surface area contributed by atoms with Crippen LogP contribution in [-0.2, 0) is 37.3 Å². The average molecular weight is 1160 g/mol. The third-order valence-electron chi connectivity index (χ3n) is 14.5. The van der Waals surface area contributed by atoms with Gasteiger partial charge in [0.25, 0.3) is 0 Å². The van der Waals surface area contributed by atoms with Gasteiger partial charge in [0.05, 0.1) is 0 Å². The second-order valence-electron chi connectivity index (χ2n) is 22.8. The van der Waals surface area contributed by atoms with Crippen LogP contribution in [0.3, 0.4) is 0 Å². The Kier molecular flexibility index (Phi) is 12.3. The number of thiophene rings is 1. The number of anilines is 4. The molecule has 1 aliphatic rings. The molecule has 0 unspecified atom stereocenters. The Morgan fingerprint density at radius 1 is 0.514 bits per heavy atom. The first-order valence-electron chi connectivity index (χ1n) is 25.3. The van der Waals surface area contributed by atoms with Gasteiger partial charge in [-0.05, 0) is 122 Å². The summed E-state index contributed by atoms with van der Waals surface area (Å²) < 4.78 is 11.6. The third kappa shape index (κ3) is 8.90. The Balaban J connectivity index is 0.00000588. The molecular weight excluding hydrogens is 1100 g/mol. The van der Waals surface area contributed by atoms with E-state index in [4.69, 9.17) is 9.72 Å². The predicted octanol–water partition coefficient (Wildman–Crippen LogP) is 18.9. The van der Waals surface area contributed by atoms with Gasteiger partial charge in [-0.3, -0.25) is 0 Å². The molecular formula is C67H59N4OPtS-3. The van der Waals surface area contributed by atoms with Crippen molar-refractivity contribution in [1.82, 2.24) is 9.55 Å². The first-order chi connectivity index (χ1) is 34.9. The molecule has 372 valence electrons. The van der Waals surface area contributed by atoms with Gasteiger partial charge < -0.3 is 19.1 Å². The van der Waals surface area contributed by atoms with Gasteiger partial charge in [-0.15, -0.1) is 59.4 Å². The summed E-state index contributed by atoms with van der Waals surface area (Å²) in [4.78, 5) is 9.74. The van der Waals surface area contributed by atoms with Gasteiger partial charge in [0.2, 0.25) is 0 Å². The average Bonchev–Trinajstić information content (AvgIpc) is 4.05. The van der Waals surface area contributed by atoms with Crippen molar-refractivity contribution in [2.24, 2.45) is 0 Å². The zero-order valence-electron chi connectivity index (χ0n) is 43.7. The smallest absolute Gasteiger partial charge is 0.135 e. The normalized spacial score (nSPS) is 13.1. The summed E-state index contributed by atoms with van der Waals surface area (Å²) in [7, 11) is 0. The van der Waals surface area contributed by atoms with Crippen LogP contribution in [0, 0.1) is 25.7 Å². The fraction of sp³-hybridized carbons (Fsp3) is 0.194. The molecule has 0 atom stereocenters.